The number of rotatable bonds is 4. The Hall–Kier alpha value is -2.53. The van der Waals surface area contributed by atoms with Gasteiger partial charge in [0.25, 0.3) is 0 Å². The second-order valence-corrected chi connectivity index (χ2v) is 6.41. The van der Waals surface area contributed by atoms with Crippen molar-refractivity contribution in [2.75, 3.05) is 24.2 Å². The molecular weight excluding hydrogens is 350 g/mol. The van der Waals surface area contributed by atoms with Crippen LogP contribution in [0.4, 0.5) is 11.4 Å². The molecule has 138 valence electrons. The molecule has 1 atom stereocenters. The number of halogens is 1. The maximum absolute atomic E-state index is 12.9. The molecule has 2 aromatic carbocycles. The number of nitrogens with two attached hydrogens (primary N) is 1. The first-order valence-corrected chi connectivity index (χ1v) is 8.53. The van der Waals surface area contributed by atoms with Gasteiger partial charge in [-0.2, -0.15) is 0 Å². The summed E-state index contributed by atoms with van der Waals surface area (Å²) in [5.41, 5.74) is 8.13. The van der Waals surface area contributed by atoms with Crippen LogP contribution in [0, 0.1) is 0 Å². The third-order valence-corrected chi connectivity index (χ3v) is 4.67. The van der Waals surface area contributed by atoms with E-state index in [-0.39, 0.29) is 30.6 Å². The molecule has 1 unspecified atom stereocenters. The maximum atomic E-state index is 12.9. The summed E-state index contributed by atoms with van der Waals surface area (Å²) in [4.78, 5) is 28.9. The fraction of sp³-hybridized carbons (Fsp3) is 0.300. The van der Waals surface area contributed by atoms with Crippen molar-refractivity contribution in [3.63, 3.8) is 0 Å². The summed E-state index contributed by atoms with van der Waals surface area (Å²) in [6, 6.07) is 16.5. The van der Waals surface area contributed by atoms with Gasteiger partial charge in [0.15, 0.2) is 0 Å². The summed E-state index contributed by atoms with van der Waals surface area (Å²) >= 11 is 0. The molecule has 1 heterocycles. The number of carbonyl (C=O) groups excluding carboxylic acids is 2. The zero-order valence-corrected chi connectivity index (χ0v) is 15.6. The smallest absolute Gasteiger partial charge is 0.249 e. The second kappa shape index (κ2) is 8.72. The number of hydrogen-bond donors (Lipinski definition) is 1. The van der Waals surface area contributed by atoms with Crippen LogP contribution in [0.15, 0.2) is 54.6 Å². The lowest BCUT2D eigenvalue weighted by molar-refractivity contribution is -0.138. The molecule has 2 amide bonds. The number of carbonyl (C=O) groups is 2. The lowest BCUT2D eigenvalue weighted by Gasteiger charge is -2.37. The normalized spacial score (nSPS) is 16.7. The quantitative estimate of drug-likeness (QED) is 0.838. The van der Waals surface area contributed by atoms with Gasteiger partial charge in [-0.1, -0.05) is 30.3 Å². The van der Waals surface area contributed by atoms with Crippen molar-refractivity contribution in [1.29, 1.82) is 0 Å². The van der Waals surface area contributed by atoms with Crippen LogP contribution in [-0.2, 0) is 16.0 Å². The lowest BCUT2D eigenvalue weighted by atomic mass is 10.0. The number of anilines is 2. The first kappa shape index (κ1) is 19.8. The maximum Gasteiger partial charge on any atom is 0.249 e. The first-order chi connectivity index (χ1) is 12.1. The minimum Gasteiger partial charge on any atom is -0.399 e. The predicted octanol–water partition coefficient (Wildman–Crippen LogP) is 2.89. The number of benzene rings is 2. The molecule has 26 heavy (non-hydrogen) atoms. The van der Waals surface area contributed by atoms with E-state index in [0.717, 1.165) is 17.7 Å². The standard InChI is InChI=1S/C20H23N3O2.ClH/c1-22(19(24)14-15-9-11-16(21)12-10-15)18-8-5-13-23(20(18)25)17-6-3-2-4-7-17;/h2-4,6-7,9-12,18H,5,8,13-14,21H2,1H3;1H. The summed E-state index contributed by atoms with van der Waals surface area (Å²) in [5, 5.41) is 0. The Bertz CT molecular complexity index is 749. The van der Waals surface area contributed by atoms with Gasteiger partial charge in [-0.25, -0.2) is 0 Å². The zero-order valence-electron chi connectivity index (χ0n) is 14.8. The molecule has 0 aromatic heterocycles. The van der Waals surface area contributed by atoms with E-state index in [4.69, 9.17) is 5.73 Å². The highest BCUT2D eigenvalue weighted by Gasteiger charge is 2.34. The molecular formula is C20H24ClN3O2. The lowest BCUT2D eigenvalue weighted by Crippen LogP contribution is -2.53. The van der Waals surface area contributed by atoms with Gasteiger partial charge in [-0.3, -0.25) is 9.59 Å². The van der Waals surface area contributed by atoms with Crippen molar-refractivity contribution in [1.82, 2.24) is 4.90 Å². The van der Waals surface area contributed by atoms with E-state index in [1.807, 2.05) is 42.5 Å². The molecule has 0 aliphatic carbocycles. The van der Waals surface area contributed by atoms with E-state index >= 15 is 0 Å². The molecule has 0 bridgehead atoms. The molecule has 2 N–H and O–H groups in total. The summed E-state index contributed by atoms with van der Waals surface area (Å²) in [6.45, 7) is 0.694. The summed E-state index contributed by atoms with van der Waals surface area (Å²) < 4.78 is 0. The monoisotopic (exact) mass is 373 g/mol. The van der Waals surface area contributed by atoms with Crippen LogP contribution in [0.3, 0.4) is 0 Å². The Morgan fingerprint density at radius 1 is 1.15 bits per heavy atom. The van der Waals surface area contributed by atoms with Crippen molar-refractivity contribution in [2.24, 2.45) is 0 Å². The van der Waals surface area contributed by atoms with Gasteiger partial charge in [-0.15, -0.1) is 12.4 Å². The third kappa shape index (κ3) is 4.35. The van der Waals surface area contributed by atoms with Gasteiger partial charge in [0.05, 0.1) is 6.42 Å². The van der Waals surface area contributed by atoms with Crippen LogP contribution in [0.25, 0.3) is 0 Å². The van der Waals surface area contributed by atoms with Gasteiger partial charge in [0.2, 0.25) is 11.8 Å². The van der Waals surface area contributed by atoms with Gasteiger partial charge < -0.3 is 15.5 Å². The first-order valence-electron chi connectivity index (χ1n) is 8.53. The van der Waals surface area contributed by atoms with Gasteiger partial charge in [0, 0.05) is 25.0 Å². The highest BCUT2D eigenvalue weighted by molar-refractivity contribution is 6.00. The Morgan fingerprint density at radius 3 is 2.46 bits per heavy atom. The van der Waals surface area contributed by atoms with Crippen molar-refractivity contribution < 1.29 is 9.59 Å². The van der Waals surface area contributed by atoms with Gasteiger partial charge in [-0.05, 0) is 42.7 Å². The van der Waals surface area contributed by atoms with Crippen LogP contribution < -0.4 is 10.6 Å². The van der Waals surface area contributed by atoms with Crippen LogP contribution >= 0.6 is 12.4 Å². The minimum absolute atomic E-state index is 0. The molecule has 2 aromatic rings. The molecule has 0 radical (unpaired) electrons. The summed E-state index contributed by atoms with van der Waals surface area (Å²) in [7, 11) is 1.72. The molecule has 1 aliphatic rings. The number of nitrogen functional groups attached to an aromatic ring is 1. The summed E-state index contributed by atoms with van der Waals surface area (Å²) in [5.74, 6) is -0.0661. The molecule has 0 spiro atoms. The molecule has 0 saturated carbocycles. The number of nitrogens with zero attached hydrogens (tertiary/aromatic N) is 2. The van der Waals surface area contributed by atoms with E-state index in [0.29, 0.717) is 18.7 Å². The van der Waals surface area contributed by atoms with E-state index in [1.54, 1.807) is 29.0 Å². The zero-order chi connectivity index (χ0) is 17.8. The Kier molecular flexibility index (Phi) is 6.64. The van der Waals surface area contributed by atoms with E-state index in [2.05, 4.69) is 0 Å². The minimum atomic E-state index is -0.407. The highest BCUT2D eigenvalue weighted by Crippen LogP contribution is 2.23. The van der Waals surface area contributed by atoms with Crippen molar-refractivity contribution in [2.45, 2.75) is 25.3 Å². The summed E-state index contributed by atoms with van der Waals surface area (Å²) in [6.07, 6.45) is 1.85. The fourth-order valence-corrected chi connectivity index (χ4v) is 3.19. The number of para-hydroxylation sites is 1. The second-order valence-electron chi connectivity index (χ2n) is 6.41. The molecule has 5 nitrogen and oxygen atoms in total. The molecule has 6 heteroatoms. The van der Waals surface area contributed by atoms with Crippen molar-refractivity contribution >= 4 is 35.6 Å². The van der Waals surface area contributed by atoms with E-state index in [9.17, 15) is 9.59 Å². The Balaban J connectivity index is 0.00000243. The highest BCUT2D eigenvalue weighted by atomic mass is 35.5. The number of hydrogen-bond acceptors (Lipinski definition) is 3. The molecule has 1 saturated heterocycles. The van der Waals surface area contributed by atoms with E-state index in [1.165, 1.54) is 0 Å². The fourth-order valence-electron chi connectivity index (χ4n) is 3.19. The van der Waals surface area contributed by atoms with Crippen LogP contribution in [0.2, 0.25) is 0 Å². The number of amides is 2. The Morgan fingerprint density at radius 2 is 1.81 bits per heavy atom. The van der Waals surface area contributed by atoms with Gasteiger partial charge >= 0.3 is 0 Å². The molecule has 3 rings (SSSR count). The van der Waals surface area contributed by atoms with Crippen LogP contribution in [-0.4, -0.2) is 36.3 Å². The average molecular weight is 374 g/mol. The largest absolute Gasteiger partial charge is 0.399 e. The topological polar surface area (TPSA) is 66.6 Å². The van der Waals surface area contributed by atoms with Crippen LogP contribution in [0.1, 0.15) is 18.4 Å². The molecule has 1 aliphatic heterocycles. The van der Waals surface area contributed by atoms with Crippen molar-refractivity contribution in [3.8, 4) is 0 Å². The van der Waals surface area contributed by atoms with Crippen molar-refractivity contribution in [3.05, 3.63) is 60.2 Å². The Labute approximate surface area is 160 Å². The SMILES string of the molecule is CN(C(=O)Cc1ccc(N)cc1)C1CCCN(c2ccccc2)C1=O.Cl. The number of likely N-dealkylation sites (N-methyl/N-ethyl adjacent to an activating group) is 1. The number of piperidine rings is 1. The van der Waals surface area contributed by atoms with Crippen LogP contribution in [0.5, 0.6) is 0 Å². The predicted molar refractivity (Wildman–Crippen MR) is 106 cm³/mol. The van der Waals surface area contributed by atoms with E-state index < -0.39 is 6.04 Å². The third-order valence-electron chi connectivity index (χ3n) is 4.67. The average Bonchev–Trinajstić information content (AvgIpc) is 2.64. The molecule has 1 fully saturated rings. The van der Waals surface area contributed by atoms with Gasteiger partial charge in [0.1, 0.15) is 6.04 Å².